The first-order valence-electron chi connectivity index (χ1n) is 7.26. The number of ether oxygens (including phenoxy) is 1. The van der Waals surface area contributed by atoms with Gasteiger partial charge in [-0.3, -0.25) is 4.90 Å². The SMILES string of the molecule is Cc1ccc(C(O)C2CN3CCCC3CO2)cc1C. The average molecular weight is 261 g/mol. The number of morpholine rings is 1. The van der Waals surface area contributed by atoms with E-state index in [-0.39, 0.29) is 6.10 Å². The molecule has 0 bridgehead atoms. The largest absolute Gasteiger partial charge is 0.386 e. The van der Waals surface area contributed by atoms with Crippen molar-refractivity contribution in [2.45, 2.75) is 44.9 Å². The van der Waals surface area contributed by atoms with Crippen LogP contribution in [0.2, 0.25) is 0 Å². The molecule has 104 valence electrons. The van der Waals surface area contributed by atoms with Crippen molar-refractivity contribution in [3.63, 3.8) is 0 Å². The predicted octanol–water partition coefficient (Wildman–Crippen LogP) is 2.20. The summed E-state index contributed by atoms with van der Waals surface area (Å²) >= 11 is 0. The van der Waals surface area contributed by atoms with E-state index in [1.165, 1.54) is 24.0 Å². The highest BCUT2D eigenvalue weighted by atomic mass is 16.5. The molecule has 3 rings (SSSR count). The van der Waals surface area contributed by atoms with Crippen LogP contribution >= 0.6 is 0 Å². The molecule has 2 saturated heterocycles. The Morgan fingerprint density at radius 2 is 2.16 bits per heavy atom. The van der Waals surface area contributed by atoms with Gasteiger partial charge in [-0.25, -0.2) is 0 Å². The normalized spacial score (nSPS) is 29.2. The molecule has 0 aromatic heterocycles. The van der Waals surface area contributed by atoms with Gasteiger partial charge in [0.05, 0.1) is 6.61 Å². The van der Waals surface area contributed by atoms with Gasteiger partial charge in [-0.1, -0.05) is 18.2 Å². The second-order valence-corrected chi connectivity index (χ2v) is 5.95. The van der Waals surface area contributed by atoms with Crippen LogP contribution in [-0.4, -0.2) is 41.8 Å². The lowest BCUT2D eigenvalue weighted by atomic mass is 9.98. The van der Waals surface area contributed by atoms with Gasteiger partial charge in [0.25, 0.3) is 0 Å². The molecule has 3 heteroatoms. The number of aryl methyl sites for hydroxylation is 2. The first-order chi connectivity index (χ1) is 9.15. The molecule has 2 fully saturated rings. The quantitative estimate of drug-likeness (QED) is 0.886. The zero-order valence-electron chi connectivity index (χ0n) is 11.8. The molecule has 3 unspecified atom stereocenters. The lowest BCUT2D eigenvalue weighted by Gasteiger charge is -2.37. The van der Waals surface area contributed by atoms with Crippen LogP contribution < -0.4 is 0 Å². The summed E-state index contributed by atoms with van der Waals surface area (Å²) in [6.45, 7) is 6.97. The summed E-state index contributed by atoms with van der Waals surface area (Å²) in [5, 5.41) is 10.5. The van der Waals surface area contributed by atoms with Gasteiger partial charge in [0.2, 0.25) is 0 Å². The van der Waals surface area contributed by atoms with E-state index in [0.717, 1.165) is 25.3 Å². The summed E-state index contributed by atoms with van der Waals surface area (Å²) in [7, 11) is 0. The Hall–Kier alpha value is -0.900. The van der Waals surface area contributed by atoms with Crippen LogP contribution in [0.4, 0.5) is 0 Å². The monoisotopic (exact) mass is 261 g/mol. The molecule has 3 atom stereocenters. The lowest BCUT2D eigenvalue weighted by molar-refractivity contribution is -0.103. The molecule has 0 aliphatic carbocycles. The summed E-state index contributed by atoms with van der Waals surface area (Å²) in [4.78, 5) is 2.47. The van der Waals surface area contributed by atoms with Crippen LogP contribution in [0.15, 0.2) is 18.2 Å². The average Bonchev–Trinajstić information content (AvgIpc) is 2.88. The topological polar surface area (TPSA) is 32.7 Å². The van der Waals surface area contributed by atoms with Crippen molar-refractivity contribution in [1.82, 2.24) is 4.90 Å². The summed E-state index contributed by atoms with van der Waals surface area (Å²) in [6.07, 6.45) is 1.91. The molecule has 1 aromatic rings. The highest BCUT2D eigenvalue weighted by Crippen LogP contribution is 2.29. The van der Waals surface area contributed by atoms with Gasteiger partial charge < -0.3 is 9.84 Å². The molecular weight excluding hydrogens is 238 g/mol. The molecule has 0 amide bonds. The Morgan fingerprint density at radius 1 is 1.32 bits per heavy atom. The molecule has 0 radical (unpaired) electrons. The number of rotatable bonds is 2. The number of benzene rings is 1. The standard InChI is InChI=1S/C16H23NO2/c1-11-5-6-13(8-12(11)2)16(18)15-9-17-7-3-4-14(17)10-19-15/h5-6,8,14-16,18H,3-4,7,9-10H2,1-2H3. The number of nitrogens with zero attached hydrogens (tertiary/aromatic N) is 1. The number of hydrogen-bond donors (Lipinski definition) is 1. The third kappa shape index (κ3) is 2.55. The molecule has 1 N–H and O–H groups in total. The van der Waals surface area contributed by atoms with E-state index in [9.17, 15) is 5.11 Å². The number of fused-ring (bicyclic) bond motifs is 1. The zero-order valence-corrected chi connectivity index (χ0v) is 11.8. The van der Waals surface area contributed by atoms with Gasteiger partial charge in [0, 0.05) is 12.6 Å². The Bertz CT molecular complexity index is 460. The molecule has 3 nitrogen and oxygen atoms in total. The summed E-state index contributed by atoms with van der Waals surface area (Å²) < 4.78 is 5.89. The fourth-order valence-electron chi connectivity index (χ4n) is 3.20. The van der Waals surface area contributed by atoms with E-state index in [4.69, 9.17) is 4.74 Å². The van der Waals surface area contributed by atoms with Crippen LogP contribution in [0.25, 0.3) is 0 Å². The van der Waals surface area contributed by atoms with Gasteiger partial charge in [-0.2, -0.15) is 0 Å². The van der Waals surface area contributed by atoms with Gasteiger partial charge in [-0.15, -0.1) is 0 Å². The highest BCUT2D eigenvalue weighted by molar-refractivity contribution is 5.31. The van der Waals surface area contributed by atoms with Crippen LogP contribution in [0.5, 0.6) is 0 Å². The molecule has 0 spiro atoms. The lowest BCUT2D eigenvalue weighted by Crippen LogP contribution is -2.48. The van der Waals surface area contributed by atoms with Crippen molar-refractivity contribution < 1.29 is 9.84 Å². The first-order valence-corrected chi connectivity index (χ1v) is 7.26. The van der Waals surface area contributed by atoms with Gasteiger partial charge in [0.1, 0.15) is 12.2 Å². The van der Waals surface area contributed by atoms with Crippen LogP contribution in [0, 0.1) is 13.8 Å². The minimum Gasteiger partial charge on any atom is -0.386 e. The van der Waals surface area contributed by atoms with Crippen molar-refractivity contribution in [3.05, 3.63) is 34.9 Å². The van der Waals surface area contributed by atoms with E-state index in [1.54, 1.807) is 0 Å². The summed E-state index contributed by atoms with van der Waals surface area (Å²) in [5.41, 5.74) is 3.47. The minimum atomic E-state index is -0.513. The fourth-order valence-corrected chi connectivity index (χ4v) is 3.20. The third-order valence-electron chi connectivity index (χ3n) is 4.64. The maximum absolute atomic E-state index is 10.5. The predicted molar refractivity (Wildman–Crippen MR) is 75.2 cm³/mol. The number of hydrogen-bond acceptors (Lipinski definition) is 3. The number of aliphatic hydroxyl groups excluding tert-OH is 1. The Kier molecular flexibility index (Phi) is 3.61. The fraction of sp³-hybridized carbons (Fsp3) is 0.625. The molecule has 1 aromatic carbocycles. The molecule has 2 aliphatic rings. The van der Waals surface area contributed by atoms with Crippen molar-refractivity contribution in [2.24, 2.45) is 0 Å². The molecule has 2 heterocycles. The van der Waals surface area contributed by atoms with Crippen molar-refractivity contribution in [2.75, 3.05) is 19.7 Å². The molecule has 19 heavy (non-hydrogen) atoms. The summed E-state index contributed by atoms with van der Waals surface area (Å²) in [6, 6.07) is 6.77. The molecular formula is C16H23NO2. The van der Waals surface area contributed by atoms with E-state index in [2.05, 4.69) is 30.9 Å². The van der Waals surface area contributed by atoms with Gasteiger partial charge in [-0.05, 0) is 49.9 Å². The van der Waals surface area contributed by atoms with Crippen LogP contribution in [0.3, 0.4) is 0 Å². The Labute approximate surface area is 115 Å². The summed E-state index contributed by atoms with van der Waals surface area (Å²) in [5.74, 6) is 0. The van der Waals surface area contributed by atoms with Gasteiger partial charge in [0.15, 0.2) is 0 Å². The second-order valence-electron chi connectivity index (χ2n) is 5.95. The maximum atomic E-state index is 10.5. The van der Waals surface area contributed by atoms with Crippen molar-refractivity contribution in [1.29, 1.82) is 0 Å². The van der Waals surface area contributed by atoms with E-state index in [0.29, 0.717) is 6.04 Å². The highest BCUT2D eigenvalue weighted by Gasteiger charge is 2.35. The zero-order chi connectivity index (χ0) is 13.4. The third-order valence-corrected chi connectivity index (χ3v) is 4.64. The van der Waals surface area contributed by atoms with Gasteiger partial charge >= 0.3 is 0 Å². The smallest absolute Gasteiger partial charge is 0.106 e. The number of aliphatic hydroxyl groups is 1. The van der Waals surface area contributed by atoms with Crippen LogP contribution in [0.1, 0.15) is 35.6 Å². The molecule has 2 aliphatic heterocycles. The first kappa shape index (κ1) is 13.1. The van der Waals surface area contributed by atoms with E-state index in [1.807, 2.05) is 6.07 Å². The van der Waals surface area contributed by atoms with Crippen molar-refractivity contribution in [3.8, 4) is 0 Å². The Balaban J connectivity index is 1.72. The maximum Gasteiger partial charge on any atom is 0.106 e. The van der Waals surface area contributed by atoms with Crippen LogP contribution in [-0.2, 0) is 4.74 Å². The minimum absolute atomic E-state index is 0.0866. The van der Waals surface area contributed by atoms with E-state index < -0.39 is 6.10 Å². The Morgan fingerprint density at radius 3 is 2.95 bits per heavy atom. The van der Waals surface area contributed by atoms with E-state index >= 15 is 0 Å². The van der Waals surface area contributed by atoms with Crippen molar-refractivity contribution >= 4 is 0 Å². The second kappa shape index (κ2) is 5.23. The molecule has 0 saturated carbocycles.